The summed E-state index contributed by atoms with van der Waals surface area (Å²) >= 11 is 0. The number of nitrogens with one attached hydrogen (secondary N) is 1. The lowest BCUT2D eigenvalue weighted by molar-refractivity contribution is 0.0505. The highest BCUT2D eigenvalue weighted by Crippen LogP contribution is 2.20. The summed E-state index contributed by atoms with van der Waals surface area (Å²) in [5, 5.41) is 12.6. The average molecular weight is 280 g/mol. The van der Waals surface area contributed by atoms with Crippen LogP contribution in [0.1, 0.15) is 31.9 Å². The van der Waals surface area contributed by atoms with E-state index in [0.29, 0.717) is 6.42 Å². The first kappa shape index (κ1) is 16.3. The number of aromatic hydroxyl groups is 1. The van der Waals surface area contributed by atoms with E-state index in [0.717, 1.165) is 11.1 Å². The van der Waals surface area contributed by atoms with Gasteiger partial charge in [0.15, 0.2) is 0 Å². The van der Waals surface area contributed by atoms with Gasteiger partial charge in [-0.25, -0.2) is 4.79 Å². The van der Waals surface area contributed by atoms with Crippen molar-refractivity contribution in [2.75, 3.05) is 6.54 Å². The van der Waals surface area contributed by atoms with Gasteiger partial charge in [0, 0.05) is 12.6 Å². The van der Waals surface area contributed by atoms with E-state index < -0.39 is 11.7 Å². The fourth-order valence-corrected chi connectivity index (χ4v) is 1.78. The Morgan fingerprint density at radius 3 is 2.60 bits per heavy atom. The van der Waals surface area contributed by atoms with Gasteiger partial charge in [0.1, 0.15) is 11.4 Å². The molecule has 112 valence electrons. The van der Waals surface area contributed by atoms with E-state index in [9.17, 15) is 9.90 Å². The van der Waals surface area contributed by atoms with E-state index in [2.05, 4.69) is 5.32 Å². The molecule has 0 aliphatic heterocycles. The topological polar surface area (TPSA) is 84.6 Å². The third-order valence-corrected chi connectivity index (χ3v) is 2.71. The predicted molar refractivity (Wildman–Crippen MR) is 78.8 cm³/mol. The minimum atomic E-state index is -0.546. The van der Waals surface area contributed by atoms with Gasteiger partial charge in [-0.3, -0.25) is 0 Å². The molecule has 4 N–H and O–H groups in total. The van der Waals surface area contributed by atoms with Crippen LogP contribution in [0.5, 0.6) is 5.75 Å². The molecular weight excluding hydrogens is 256 g/mol. The Morgan fingerprint density at radius 2 is 2.10 bits per heavy atom. The third-order valence-electron chi connectivity index (χ3n) is 2.71. The zero-order valence-electron chi connectivity index (χ0n) is 12.6. The van der Waals surface area contributed by atoms with Crippen LogP contribution in [0.25, 0.3) is 0 Å². The highest BCUT2D eigenvalue weighted by Gasteiger charge is 2.19. The Balaban J connectivity index is 2.65. The number of hydrogen-bond acceptors (Lipinski definition) is 4. The second kappa shape index (κ2) is 6.61. The molecule has 1 atom stereocenters. The summed E-state index contributed by atoms with van der Waals surface area (Å²) in [5.41, 5.74) is 6.85. The van der Waals surface area contributed by atoms with Gasteiger partial charge in [0.05, 0.1) is 0 Å². The average Bonchev–Trinajstić information content (AvgIpc) is 2.29. The van der Waals surface area contributed by atoms with Crippen LogP contribution < -0.4 is 11.1 Å². The molecule has 0 heterocycles. The summed E-state index contributed by atoms with van der Waals surface area (Å²) in [7, 11) is 0. The lowest BCUT2D eigenvalue weighted by Crippen LogP contribution is -2.44. The maximum absolute atomic E-state index is 11.7. The highest BCUT2D eigenvalue weighted by molar-refractivity contribution is 5.68. The molecule has 1 unspecified atom stereocenters. The number of nitrogens with two attached hydrogens (primary N) is 1. The summed E-state index contributed by atoms with van der Waals surface area (Å²) in [6.07, 6.45) is -0.0402. The van der Waals surface area contributed by atoms with Gasteiger partial charge in [-0.1, -0.05) is 12.1 Å². The number of phenolic OH excluding ortho intramolecular Hbond substituents is 1. The van der Waals surface area contributed by atoms with Gasteiger partial charge in [0.2, 0.25) is 0 Å². The number of carbonyl (C=O) groups excluding carboxylic acids is 1. The number of aryl methyl sites for hydroxylation is 1. The normalized spacial score (nSPS) is 12.8. The smallest absolute Gasteiger partial charge is 0.407 e. The monoisotopic (exact) mass is 280 g/mol. The standard InChI is InChI=1S/C15H24N2O3/c1-10-5-6-11(13(18)7-10)8-12(9-16)17-14(19)20-15(2,3)4/h5-7,12,18H,8-9,16H2,1-4H3,(H,17,19). The largest absolute Gasteiger partial charge is 0.508 e. The number of hydrogen-bond donors (Lipinski definition) is 3. The molecule has 5 nitrogen and oxygen atoms in total. The van der Waals surface area contributed by atoms with Crippen molar-refractivity contribution in [1.29, 1.82) is 0 Å². The van der Waals surface area contributed by atoms with Crippen LogP contribution in [-0.2, 0) is 11.2 Å². The van der Waals surface area contributed by atoms with Crippen LogP contribution in [0.4, 0.5) is 4.79 Å². The molecule has 1 aromatic carbocycles. The Kier molecular flexibility index (Phi) is 5.39. The Labute approximate surface area is 120 Å². The van der Waals surface area contributed by atoms with Crippen molar-refractivity contribution in [3.63, 3.8) is 0 Å². The van der Waals surface area contributed by atoms with Gasteiger partial charge in [-0.05, 0) is 51.3 Å². The third kappa shape index (κ3) is 5.48. The number of alkyl carbamates (subject to hydrolysis) is 1. The molecule has 0 fully saturated rings. The van der Waals surface area contributed by atoms with Crippen LogP contribution in [0.2, 0.25) is 0 Å². The van der Waals surface area contributed by atoms with Gasteiger partial charge < -0.3 is 20.9 Å². The van der Waals surface area contributed by atoms with E-state index >= 15 is 0 Å². The lowest BCUT2D eigenvalue weighted by atomic mass is 10.0. The number of ether oxygens (including phenoxy) is 1. The van der Waals surface area contributed by atoms with Crippen LogP contribution in [0, 0.1) is 6.92 Å². The van der Waals surface area contributed by atoms with Gasteiger partial charge in [-0.2, -0.15) is 0 Å². The van der Waals surface area contributed by atoms with Gasteiger partial charge in [-0.15, -0.1) is 0 Å². The van der Waals surface area contributed by atoms with Crippen LogP contribution >= 0.6 is 0 Å². The quantitative estimate of drug-likeness (QED) is 0.788. The molecule has 0 saturated carbocycles. The van der Waals surface area contributed by atoms with Crippen LogP contribution in [0.15, 0.2) is 18.2 Å². The Hall–Kier alpha value is -1.75. The Morgan fingerprint density at radius 1 is 1.45 bits per heavy atom. The van der Waals surface area contributed by atoms with E-state index in [1.165, 1.54) is 0 Å². The lowest BCUT2D eigenvalue weighted by Gasteiger charge is -2.23. The van der Waals surface area contributed by atoms with Gasteiger partial charge in [0.25, 0.3) is 0 Å². The van der Waals surface area contributed by atoms with Crippen molar-refractivity contribution < 1.29 is 14.6 Å². The van der Waals surface area contributed by atoms with Crippen LogP contribution in [0.3, 0.4) is 0 Å². The number of benzene rings is 1. The Bertz CT molecular complexity index is 467. The summed E-state index contributed by atoms with van der Waals surface area (Å²) in [5.74, 6) is 0.217. The molecule has 0 radical (unpaired) electrons. The van der Waals surface area contributed by atoms with Crippen molar-refractivity contribution in [1.82, 2.24) is 5.32 Å². The maximum Gasteiger partial charge on any atom is 0.407 e. The molecule has 0 aliphatic rings. The van der Waals surface area contributed by atoms with Crippen LogP contribution in [-0.4, -0.2) is 29.4 Å². The first-order valence-corrected chi connectivity index (χ1v) is 6.69. The zero-order valence-corrected chi connectivity index (χ0v) is 12.6. The van der Waals surface area contributed by atoms with E-state index in [1.807, 2.05) is 19.1 Å². The fourth-order valence-electron chi connectivity index (χ4n) is 1.78. The van der Waals surface area contributed by atoms with E-state index in [-0.39, 0.29) is 18.3 Å². The van der Waals surface area contributed by atoms with E-state index in [4.69, 9.17) is 10.5 Å². The molecule has 1 aromatic rings. The highest BCUT2D eigenvalue weighted by atomic mass is 16.6. The number of carbonyl (C=O) groups is 1. The number of amides is 1. The fraction of sp³-hybridized carbons (Fsp3) is 0.533. The molecule has 0 aromatic heterocycles. The summed E-state index contributed by atoms with van der Waals surface area (Å²) in [4.78, 5) is 11.7. The first-order valence-electron chi connectivity index (χ1n) is 6.69. The molecule has 0 spiro atoms. The second-order valence-corrected chi connectivity index (χ2v) is 5.92. The molecule has 5 heteroatoms. The van der Waals surface area contributed by atoms with Crippen molar-refractivity contribution in [2.24, 2.45) is 5.73 Å². The first-order chi connectivity index (χ1) is 9.21. The number of rotatable bonds is 4. The summed E-state index contributed by atoms with van der Waals surface area (Å²) < 4.78 is 5.19. The molecular formula is C15H24N2O3. The number of phenols is 1. The van der Waals surface area contributed by atoms with Gasteiger partial charge >= 0.3 is 6.09 Å². The van der Waals surface area contributed by atoms with E-state index in [1.54, 1.807) is 26.8 Å². The maximum atomic E-state index is 11.7. The molecule has 0 aliphatic carbocycles. The molecule has 1 rings (SSSR count). The second-order valence-electron chi connectivity index (χ2n) is 5.92. The molecule has 20 heavy (non-hydrogen) atoms. The van der Waals surface area contributed by atoms with Crippen molar-refractivity contribution >= 4 is 6.09 Å². The minimum Gasteiger partial charge on any atom is -0.508 e. The van der Waals surface area contributed by atoms with Crippen molar-refractivity contribution in [2.45, 2.75) is 45.8 Å². The predicted octanol–water partition coefficient (Wildman–Crippen LogP) is 2.10. The minimum absolute atomic E-state index is 0.217. The van der Waals surface area contributed by atoms with Crippen molar-refractivity contribution in [3.8, 4) is 5.75 Å². The molecule has 1 amide bonds. The summed E-state index contributed by atoms with van der Waals surface area (Å²) in [6, 6.07) is 5.16. The van der Waals surface area contributed by atoms with Crippen molar-refractivity contribution in [3.05, 3.63) is 29.3 Å². The zero-order chi connectivity index (χ0) is 15.3. The molecule has 0 bridgehead atoms. The SMILES string of the molecule is Cc1ccc(CC(CN)NC(=O)OC(C)(C)C)c(O)c1. The summed E-state index contributed by atoms with van der Waals surface area (Å²) in [6.45, 7) is 7.58. The molecule has 0 saturated heterocycles.